The van der Waals surface area contributed by atoms with Crippen molar-refractivity contribution in [2.75, 3.05) is 19.0 Å². The number of carbonyl (C=O) groups is 2. The van der Waals surface area contributed by atoms with Gasteiger partial charge in [-0.05, 0) is 37.6 Å². The van der Waals surface area contributed by atoms with Crippen molar-refractivity contribution in [3.63, 3.8) is 0 Å². The fourth-order valence-corrected chi connectivity index (χ4v) is 3.68. The molecule has 1 aromatic carbocycles. The molecular formula is C23H28N4O4S. The lowest BCUT2D eigenvalue weighted by Crippen LogP contribution is -2.37. The highest BCUT2D eigenvalue weighted by molar-refractivity contribution is 7.14. The Labute approximate surface area is 191 Å². The van der Waals surface area contributed by atoms with E-state index in [-0.39, 0.29) is 37.4 Å². The van der Waals surface area contributed by atoms with Gasteiger partial charge in [0.15, 0.2) is 5.13 Å². The summed E-state index contributed by atoms with van der Waals surface area (Å²) in [6.07, 6.45) is 2.61. The van der Waals surface area contributed by atoms with Gasteiger partial charge in [0, 0.05) is 24.4 Å². The molecule has 2 amide bonds. The highest BCUT2D eigenvalue weighted by Crippen LogP contribution is 2.29. The Morgan fingerprint density at radius 2 is 2.06 bits per heavy atom. The molecule has 0 radical (unpaired) electrons. The monoisotopic (exact) mass is 456 g/mol. The number of carbonyl (C=O) groups excluding carboxylic acids is 2. The Bertz CT molecular complexity index is 1020. The normalized spacial score (nSPS) is 11.6. The van der Waals surface area contributed by atoms with E-state index in [0.29, 0.717) is 22.3 Å². The third-order valence-electron chi connectivity index (χ3n) is 4.91. The SMILES string of the molecule is CC[C@H](C)NC(=O)CCN(Cc1ccco1)C(=O)c1csc(Nc2ccccc2OC)n1. The third kappa shape index (κ3) is 6.34. The van der Waals surface area contributed by atoms with E-state index in [2.05, 4.69) is 15.6 Å². The molecule has 3 aromatic rings. The maximum absolute atomic E-state index is 13.2. The van der Waals surface area contributed by atoms with Crippen LogP contribution in [-0.4, -0.2) is 41.4 Å². The topological polar surface area (TPSA) is 96.7 Å². The van der Waals surface area contributed by atoms with E-state index < -0.39 is 0 Å². The second-order valence-electron chi connectivity index (χ2n) is 7.30. The van der Waals surface area contributed by atoms with E-state index in [1.54, 1.807) is 35.8 Å². The predicted molar refractivity (Wildman–Crippen MR) is 124 cm³/mol. The minimum absolute atomic E-state index is 0.0894. The first kappa shape index (κ1) is 23.3. The average Bonchev–Trinajstić information content (AvgIpc) is 3.48. The van der Waals surface area contributed by atoms with E-state index in [9.17, 15) is 9.59 Å². The summed E-state index contributed by atoms with van der Waals surface area (Å²) in [5.74, 6) is 0.973. The number of para-hydroxylation sites is 2. The fourth-order valence-electron chi connectivity index (χ4n) is 2.98. The van der Waals surface area contributed by atoms with Crippen molar-refractivity contribution < 1.29 is 18.7 Å². The number of aromatic nitrogens is 1. The van der Waals surface area contributed by atoms with E-state index in [0.717, 1.165) is 12.1 Å². The molecule has 9 heteroatoms. The van der Waals surface area contributed by atoms with Gasteiger partial charge in [0.25, 0.3) is 5.91 Å². The van der Waals surface area contributed by atoms with Crippen LogP contribution in [-0.2, 0) is 11.3 Å². The second-order valence-corrected chi connectivity index (χ2v) is 8.15. The molecule has 0 saturated heterocycles. The summed E-state index contributed by atoms with van der Waals surface area (Å²) in [5, 5.41) is 8.40. The predicted octanol–water partition coefficient (Wildman–Crippen LogP) is 4.44. The average molecular weight is 457 g/mol. The standard InChI is InChI=1S/C23H28N4O4S/c1-4-16(2)24-21(28)11-12-27(14-17-8-7-13-31-17)22(29)19-15-32-23(26-19)25-18-9-5-6-10-20(18)30-3/h5-10,13,15-16H,4,11-12,14H2,1-3H3,(H,24,28)(H,25,26)/t16-/m0/s1. The lowest BCUT2D eigenvalue weighted by atomic mass is 10.2. The Hall–Kier alpha value is -3.33. The van der Waals surface area contributed by atoms with E-state index in [1.807, 2.05) is 38.1 Å². The molecule has 0 saturated carbocycles. The molecule has 0 bridgehead atoms. The molecule has 170 valence electrons. The van der Waals surface area contributed by atoms with Crippen molar-refractivity contribution in [1.82, 2.24) is 15.2 Å². The third-order valence-corrected chi connectivity index (χ3v) is 5.67. The number of hydrogen-bond acceptors (Lipinski definition) is 7. The van der Waals surface area contributed by atoms with E-state index in [4.69, 9.17) is 9.15 Å². The minimum atomic E-state index is -0.262. The van der Waals surface area contributed by atoms with Crippen molar-refractivity contribution in [3.05, 3.63) is 59.5 Å². The molecule has 8 nitrogen and oxygen atoms in total. The first-order chi connectivity index (χ1) is 15.5. The largest absolute Gasteiger partial charge is 0.495 e. The molecule has 2 aromatic heterocycles. The summed E-state index contributed by atoms with van der Waals surface area (Å²) in [6, 6.07) is 11.2. The molecule has 2 heterocycles. The number of benzene rings is 1. The maximum Gasteiger partial charge on any atom is 0.273 e. The smallest absolute Gasteiger partial charge is 0.273 e. The summed E-state index contributed by atoms with van der Waals surface area (Å²) in [5.41, 5.74) is 1.07. The number of nitrogens with one attached hydrogen (secondary N) is 2. The second kappa shape index (κ2) is 11.3. The van der Waals surface area contributed by atoms with Crippen LogP contribution >= 0.6 is 11.3 Å². The zero-order valence-electron chi connectivity index (χ0n) is 18.5. The number of ether oxygens (including phenoxy) is 1. The molecule has 1 atom stereocenters. The van der Waals surface area contributed by atoms with Crippen LogP contribution < -0.4 is 15.4 Å². The zero-order valence-corrected chi connectivity index (χ0v) is 19.3. The molecule has 2 N–H and O–H groups in total. The molecular weight excluding hydrogens is 428 g/mol. The Balaban J connectivity index is 1.70. The van der Waals surface area contributed by atoms with Crippen molar-refractivity contribution in [2.24, 2.45) is 0 Å². The first-order valence-electron chi connectivity index (χ1n) is 10.5. The summed E-state index contributed by atoms with van der Waals surface area (Å²) >= 11 is 1.33. The van der Waals surface area contributed by atoms with Gasteiger partial charge in [-0.15, -0.1) is 11.3 Å². The number of amides is 2. The van der Waals surface area contributed by atoms with Crippen LogP contribution in [0.3, 0.4) is 0 Å². The van der Waals surface area contributed by atoms with Crippen molar-refractivity contribution in [1.29, 1.82) is 0 Å². The van der Waals surface area contributed by atoms with Crippen LogP contribution in [0.15, 0.2) is 52.5 Å². The number of anilines is 2. The number of rotatable bonds is 11. The summed E-state index contributed by atoms with van der Waals surface area (Å²) in [4.78, 5) is 31.5. The number of furan rings is 1. The van der Waals surface area contributed by atoms with Crippen LogP contribution in [0.25, 0.3) is 0 Å². The van der Waals surface area contributed by atoms with Crippen LogP contribution in [0.5, 0.6) is 5.75 Å². The zero-order chi connectivity index (χ0) is 22.9. The van der Waals surface area contributed by atoms with Crippen molar-refractivity contribution in [2.45, 2.75) is 39.3 Å². The summed E-state index contributed by atoms with van der Waals surface area (Å²) in [7, 11) is 1.60. The van der Waals surface area contributed by atoms with Gasteiger partial charge in [-0.3, -0.25) is 9.59 Å². The van der Waals surface area contributed by atoms with Crippen molar-refractivity contribution >= 4 is 34.0 Å². The lowest BCUT2D eigenvalue weighted by Gasteiger charge is -2.21. The summed E-state index contributed by atoms with van der Waals surface area (Å²) < 4.78 is 10.8. The molecule has 0 aliphatic carbocycles. The van der Waals surface area contributed by atoms with Gasteiger partial charge in [-0.25, -0.2) is 4.98 Å². The number of thiazole rings is 1. The van der Waals surface area contributed by atoms with Gasteiger partial charge in [0.2, 0.25) is 5.91 Å². The fraction of sp³-hybridized carbons (Fsp3) is 0.348. The molecule has 0 unspecified atom stereocenters. The van der Waals surface area contributed by atoms with Gasteiger partial charge < -0.3 is 24.7 Å². The van der Waals surface area contributed by atoms with E-state index in [1.165, 1.54) is 11.3 Å². The highest BCUT2D eigenvalue weighted by atomic mass is 32.1. The minimum Gasteiger partial charge on any atom is -0.495 e. The quantitative estimate of drug-likeness (QED) is 0.443. The molecule has 3 rings (SSSR count). The number of methoxy groups -OCH3 is 1. The number of hydrogen-bond donors (Lipinski definition) is 2. The van der Waals surface area contributed by atoms with Gasteiger partial charge in [-0.2, -0.15) is 0 Å². The van der Waals surface area contributed by atoms with Crippen LogP contribution in [0.1, 0.15) is 42.9 Å². The summed E-state index contributed by atoms with van der Waals surface area (Å²) in [6.45, 7) is 4.48. The molecule has 0 aliphatic rings. The van der Waals surface area contributed by atoms with Gasteiger partial charge >= 0.3 is 0 Å². The van der Waals surface area contributed by atoms with Crippen LogP contribution in [0.4, 0.5) is 10.8 Å². The van der Waals surface area contributed by atoms with E-state index >= 15 is 0 Å². The first-order valence-corrected chi connectivity index (χ1v) is 11.3. The molecule has 0 fully saturated rings. The highest BCUT2D eigenvalue weighted by Gasteiger charge is 2.21. The Kier molecular flexibility index (Phi) is 8.27. The Morgan fingerprint density at radius 1 is 1.25 bits per heavy atom. The molecule has 0 spiro atoms. The molecule has 32 heavy (non-hydrogen) atoms. The van der Waals surface area contributed by atoms with Crippen LogP contribution in [0.2, 0.25) is 0 Å². The van der Waals surface area contributed by atoms with Gasteiger partial charge in [-0.1, -0.05) is 19.1 Å². The van der Waals surface area contributed by atoms with Crippen molar-refractivity contribution in [3.8, 4) is 5.75 Å². The maximum atomic E-state index is 13.2. The van der Waals surface area contributed by atoms with Gasteiger partial charge in [0.1, 0.15) is 17.2 Å². The molecule has 0 aliphatic heterocycles. The van der Waals surface area contributed by atoms with Crippen LogP contribution in [0, 0.1) is 0 Å². The lowest BCUT2D eigenvalue weighted by molar-refractivity contribution is -0.121. The Morgan fingerprint density at radius 3 is 2.78 bits per heavy atom. The number of nitrogens with zero attached hydrogens (tertiary/aromatic N) is 2. The van der Waals surface area contributed by atoms with Gasteiger partial charge in [0.05, 0.1) is 25.6 Å².